The minimum Gasteiger partial charge on any atom is -0.481 e. The number of carbonyl (C=O) groups excluding carboxylic acids is 2. The highest BCUT2D eigenvalue weighted by atomic mass is 16.5. The molecule has 120 valence electrons. The van der Waals surface area contributed by atoms with Gasteiger partial charge in [0.1, 0.15) is 12.5 Å². The average molecular weight is 301 g/mol. The number of carboxylic acid groups (broad SMARTS) is 1. The summed E-state index contributed by atoms with van der Waals surface area (Å²) in [6.07, 6.45) is 0. The standard InChI is InChI=1S/C13H23N3O5/c1-4-15(6-11(17)14-3)13(20)16(5-2)10-8-21-7-9(10)12(18)19/h9-10H,4-8H2,1-3H3,(H,14,17)(H,18,19). The molecule has 1 rings (SSSR count). The smallest absolute Gasteiger partial charge is 0.320 e. The van der Waals surface area contributed by atoms with E-state index in [2.05, 4.69) is 5.32 Å². The fourth-order valence-corrected chi connectivity index (χ4v) is 2.35. The predicted molar refractivity (Wildman–Crippen MR) is 74.8 cm³/mol. The number of aliphatic carboxylic acids is 1. The van der Waals surface area contributed by atoms with Crippen molar-refractivity contribution in [2.75, 3.05) is 39.9 Å². The highest BCUT2D eigenvalue weighted by molar-refractivity contribution is 5.84. The van der Waals surface area contributed by atoms with E-state index in [-0.39, 0.29) is 31.7 Å². The Bertz CT molecular complexity index is 401. The Balaban J connectivity index is 2.84. The van der Waals surface area contributed by atoms with E-state index in [9.17, 15) is 19.5 Å². The van der Waals surface area contributed by atoms with Crippen LogP contribution in [-0.2, 0) is 14.3 Å². The molecule has 2 unspecified atom stereocenters. The quantitative estimate of drug-likeness (QED) is 0.695. The van der Waals surface area contributed by atoms with E-state index in [1.54, 1.807) is 13.8 Å². The molecule has 0 aromatic rings. The minimum absolute atomic E-state index is 0.0480. The minimum atomic E-state index is -0.974. The van der Waals surface area contributed by atoms with Crippen LogP contribution in [0.15, 0.2) is 0 Å². The van der Waals surface area contributed by atoms with Crippen LogP contribution in [0.2, 0.25) is 0 Å². The van der Waals surface area contributed by atoms with Gasteiger partial charge in [0.05, 0.1) is 19.3 Å². The first-order valence-corrected chi connectivity index (χ1v) is 7.02. The van der Waals surface area contributed by atoms with Gasteiger partial charge in [0, 0.05) is 20.1 Å². The van der Waals surface area contributed by atoms with E-state index in [1.807, 2.05) is 0 Å². The molecule has 21 heavy (non-hydrogen) atoms. The van der Waals surface area contributed by atoms with Crippen LogP contribution in [0.4, 0.5) is 4.79 Å². The van der Waals surface area contributed by atoms with Gasteiger partial charge in [-0.25, -0.2) is 4.79 Å². The van der Waals surface area contributed by atoms with Gasteiger partial charge in [-0.05, 0) is 13.8 Å². The van der Waals surface area contributed by atoms with Gasteiger partial charge in [0.15, 0.2) is 0 Å². The van der Waals surface area contributed by atoms with Crippen molar-refractivity contribution in [3.05, 3.63) is 0 Å². The van der Waals surface area contributed by atoms with Gasteiger partial charge >= 0.3 is 12.0 Å². The summed E-state index contributed by atoms with van der Waals surface area (Å²) in [6, 6.07) is -0.843. The molecule has 0 radical (unpaired) electrons. The predicted octanol–water partition coefficient (Wildman–Crippen LogP) is -0.404. The highest BCUT2D eigenvalue weighted by Crippen LogP contribution is 2.21. The van der Waals surface area contributed by atoms with Crippen LogP contribution < -0.4 is 5.32 Å². The Morgan fingerprint density at radius 3 is 2.38 bits per heavy atom. The largest absolute Gasteiger partial charge is 0.481 e. The first kappa shape index (κ1) is 17.2. The van der Waals surface area contributed by atoms with Crippen molar-refractivity contribution in [2.24, 2.45) is 5.92 Å². The van der Waals surface area contributed by atoms with Gasteiger partial charge in [-0.15, -0.1) is 0 Å². The summed E-state index contributed by atoms with van der Waals surface area (Å²) in [5, 5.41) is 11.7. The summed E-state index contributed by atoms with van der Waals surface area (Å²) in [6.45, 7) is 4.54. The van der Waals surface area contributed by atoms with E-state index in [1.165, 1.54) is 16.8 Å². The lowest BCUT2D eigenvalue weighted by Gasteiger charge is -2.33. The number of rotatable bonds is 6. The van der Waals surface area contributed by atoms with Gasteiger partial charge < -0.3 is 25.0 Å². The van der Waals surface area contributed by atoms with Crippen molar-refractivity contribution in [1.29, 1.82) is 0 Å². The molecule has 0 aliphatic carbocycles. The molecule has 0 bridgehead atoms. The summed E-state index contributed by atoms with van der Waals surface area (Å²) >= 11 is 0. The van der Waals surface area contributed by atoms with E-state index in [4.69, 9.17) is 4.74 Å². The van der Waals surface area contributed by atoms with Gasteiger partial charge in [0.25, 0.3) is 0 Å². The van der Waals surface area contributed by atoms with Crippen LogP contribution in [0.5, 0.6) is 0 Å². The maximum absolute atomic E-state index is 12.5. The number of carboxylic acids is 1. The fourth-order valence-electron chi connectivity index (χ4n) is 2.35. The summed E-state index contributed by atoms with van der Waals surface area (Å²) in [5.74, 6) is -1.97. The van der Waals surface area contributed by atoms with Crippen LogP contribution in [-0.4, -0.2) is 78.8 Å². The lowest BCUT2D eigenvalue weighted by molar-refractivity contribution is -0.143. The second kappa shape index (κ2) is 7.82. The summed E-state index contributed by atoms with van der Waals surface area (Å²) < 4.78 is 5.21. The molecule has 1 aliphatic heterocycles. The fraction of sp³-hybridized carbons (Fsp3) is 0.769. The number of likely N-dealkylation sites (N-methyl/N-ethyl adjacent to an activating group) is 3. The van der Waals surface area contributed by atoms with E-state index in [0.717, 1.165) is 0 Å². The first-order chi connectivity index (χ1) is 9.96. The van der Waals surface area contributed by atoms with Crippen LogP contribution in [0.3, 0.4) is 0 Å². The third kappa shape index (κ3) is 4.07. The zero-order chi connectivity index (χ0) is 16.0. The summed E-state index contributed by atoms with van der Waals surface area (Å²) in [7, 11) is 1.50. The third-order valence-electron chi connectivity index (χ3n) is 3.62. The van der Waals surface area contributed by atoms with E-state index in [0.29, 0.717) is 13.1 Å². The molecule has 2 atom stereocenters. The zero-order valence-corrected chi connectivity index (χ0v) is 12.7. The van der Waals surface area contributed by atoms with Gasteiger partial charge in [-0.1, -0.05) is 0 Å². The Labute approximate surface area is 124 Å². The van der Waals surface area contributed by atoms with E-state index < -0.39 is 17.9 Å². The Hall–Kier alpha value is -1.83. The molecular weight excluding hydrogens is 278 g/mol. The Kier molecular flexibility index (Phi) is 6.41. The highest BCUT2D eigenvalue weighted by Gasteiger charge is 2.40. The van der Waals surface area contributed by atoms with Crippen LogP contribution in [0.25, 0.3) is 0 Å². The van der Waals surface area contributed by atoms with Crippen LogP contribution in [0.1, 0.15) is 13.8 Å². The molecule has 8 heteroatoms. The van der Waals surface area contributed by atoms with E-state index >= 15 is 0 Å². The molecule has 8 nitrogen and oxygen atoms in total. The zero-order valence-electron chi connectivity index (χ0n) is 12.7. The Morgan fingerprint density at radius 1 is 1.24 bits per heavy atom. The van der Waals surface area contributed by atoms with Gasteiger partial charge in [-0.2, -0.15) is 0 Å². The summed E-state index contributed by atoms with van der Waals surface area (Å²) in [5.41, 5.74) is 0. The second-order valence-corrected chi connectivity index (χ2v) is 4.81. The number of nitrogens with one attached hydrogen (secondary N) is 1. The van der Waals surface area contributed by atoms with Crippen molar-refractivity contribution in [3.8, 4) is 0 Å². The third-order valence-corrected chi connectivity index (χ3v) is 3.62. The van der Waals surface area contributed by atoms with Crippen LogP contribution >= 0.6 is 0 Å². The Morgan fingerprint density at radius 2 is 1.90 bits per heavy atom. The molecule has 0 aromatic heterocycles. The number of ether oxygens (including phenoxy) is 1. The molecule has 1 heterocycles. The molecule has 3 amide bonds. The lowest BCUT2D eigenvalue weighted by Crippen LogP contribution is -2.53. The molecular formula is C13H23N3O5. The molecule has 0 spiro atoms. The topological polar surface area (TPSA) is 99.2 Å². The van der Waals surface area contributed by atoms with Gasteiger partial charge in [0.2, 0.25) is 5.91 Å². The number of nitrogens with zero attached hydrogens (tertiary/aromatic N) is 2. The molecule has 0 aromatic carbocycles. The molecule has 1 aliphatic rings. The number of amides is 3. The van der Waals surface area contributed by atoms with Crippen molar-refractivity contribution in [2.45, 2.75) is 19.9 Å². The second-order valence-electron chi connectivity index (χ2n) is 4.81. The van der Waals surface area contributed by atoms with Crippen molar-refractivity contribution in [1.82, 2.24) is 15.1 Å². The SMILES string of the molecule is CCN(CC(=O)NC)C(=O)N(CC)C1COCC1C(=O)O. The molecule has 1 saturated heterocycles. The molecule has 2 N–H and O–H groups in total. The monoisotopic (exact) mass is 301 g/mol. The number of urea groups is 1. The number of hydrogen-bond donors (Lipinski definition) is 2. The number of hydrogen-bond acceptors (Lipinski definition) is 4. The average Bonchev–Trinajstić information content (AvgIpc) is 2.94. The first-order valence-electron chi connectivity index (χ1n) is 7.02. The number of carbonyl (C=O) groups is 3. The normalized spacial score (nSPS) is 20.9. The molecule has 1 fully saturated rings. The van der Waals surface area contributed by atoms with Gasteiger partial charge in [-0.3, -0.25) is 9.59 Å². The van der Waals surface area contributed by atoms with Crippen molar-refractivity contribution >= 4 is 17.9 Å². The molecule has 0 saturated carbocycles. The lowest BCUT2D eigenvalue weighted by atomic mass is 10.0. The maximum atomic E-state index is 12.5. The van der Waals surface area contributed by atoms with Crippen molar-refractivity contribution in [3.63, 3.8) is 0 Å². The summed E-state index contributed by atoms with van der Waals surface area (Å²) in [4.78, 5) is 38.1. The van der Waals surface area contributed by atoms with Crippen LogP contribution in [0, 0.1) is 5.92 Å². The van der Waals surface area contributed by atoms with Crippen molar-refractivity contribution < 1.29 is 24.2 Å². The maximum Gasteiger partial charge on any atom is 0.320 e.